The number of aliphatic imine (C=N–C) groups is 1. The largest absolute Gasteiger partial charge is 0.366 e. The summed E-state index contributed by atoms with van der Waals surface area (Å²) in [7, 11) is 4.01. The maximum absolute atomic E-state index is 12.4. The third-order valence-corrected chi connectivity index (χ3v) is 5.86. The molecular weight excluding hydrogens is 370 g/mol. The summed E-state index contributed by atoms with van der Waals surface area (Å²) < 4.78 is 0. The van der Waals surface area contributed by atoms with Gasteiger partial charge in [-0.3, -0.25) is 4.79 Å². The number of halogens is 1. The van der Waals surface area contributed by atoms with Crippen LogP contribution in [0.4, 0.5) is 17.1 Å². The molecule has 148 valence electrons. The summed E-state index contributed by atoms with van der Waals surface area (Å²) in [5, 5.41) is 0.621. The second-order valence-electron chi connectivity index (χ2n) is 7.61. The summed E-state index contributed by atoms with van der Waals surface area (Å²) >= 11 is 6.51. The number of ketones is 1. The van der Waals surface area contributed by atoms with Crippen LogP contribution >= 0.6 is 11.6 Å². The number of anilines is 2. The highest BCUT2D eigenvalue weighted by Gasteiger charge is 2.24. The van der Waals surface area contributed by atoms with Gasteiger partial charge in [0.1, 0.15) is 0 Å². The fourth-order valence-electron chi connectivity index (χ4n) is 3.50. The molecule has 0 aliphatic heterocycles. The van der Waals surface area contributed by atoms with Crippen molar-refractivity contribution in [2.45, 2.75) is 33.6 Å². The molecule has 0 heterocycles. The summed E-state index contributed by atoms with van der Waals surface area (Å²) in [6.07, 6.45) is 3.66. The minimum absolute atomic E-state index is 0.122. The molecule has 5 heteroatoms. The number of benzene rings is 2. The van der Waals surface area contributed by atoms with Crippen LogP contribution in [-0.4, -0.2) is 37.7 Å². The molecule has 28 heavy (non-hydrogen) atoms. The van der Waals surface area contributed by atoms with Crippen LogP contribution in [0.1, 0.15) is 41.8 Å². The molecule has 0 bridgehead atoms. The standard InChI is InChI=1S/C23H28ClN3O/c1-6-26(4)14-25-21-11-16(3)22(13-20(21)24)27(5)18-9-10-19-17(12-18)8-7-15(2)23(19)28/h9-15H,6-8H2,1-5H3. The van der Waals surface area contributed by atoms with Crippen LogP contribution in [0.3, 0.4) is 0 Å². The van der Waals surface area contributed by atoms with Gasteiger partial charge in [-0.05, 0) is 68.1 Å². The van der Waals surface area contributed by atoms with Crippen LogP contribution < -0.4 is 4.90 Å². The number of rotatable bonds is 5. The third-order valence-electron chi connectivity index (χ3n) is 5.56. The van der Waals surface area contributed by atoms with Crippen LogP contribution in [0.5, 0.6) is 0 Å². The van der Waals surface area contributed by atoms with Crippen molar-refractivity contribution in [2.75, 3.05) is 25.5 Å². The normalized spacial score (nSPS) is 16.4. The van der Waals surface area contributed by atoms with Crippen molar-refractivity contribution in [3.63, 3.8) is 0 Å². The molecule has 1 atom stereocenters. The van der Waals surface area contributed by atoms with Crippen molar-refractivity contribution in [1.29, 1.82) is 0 Å². The Morgan fingerprint density at radius 1 is 1.25 bits per heavy atom. The van der Waals surface area contributed by atoms with E-state index in [-0.39, 0.29) is 11.7 Å². The number of aryl methyl sites for hydroxylation is 2. The molecule has 0 saturated heterocycles. The fraction of sp³-hybridized carbons (Fsp3) is 0.391. The van der Waals surface area contributed by atoms with E-state index in [0.717, 1.165) is 53.1 Å². The summed E-state index contributed by atoms with van der Waals surface area (Å²) in [5.74, 6) is 0.380. The average Bonchev–Trinajstić information content (AvgIpc) is 2.70. The maximum Gasteiger partial charge on any atom is 0.165 e. The first-order valence-corrected chi connectivity index (χ1v) is 10.1. The van der Waals surface area contributed by atoms with Crippen LogP contribution in [-0.2, 0) is 6.42 Å². The van der Waals surface area contributed by atoms with Gasteiger partial charge < -0.3 is 9.80 Å². The Morgan fingerprint density at radius 3 is 2.71 bits per heavy atom. The SMILES string of the molecule is CCN(C)C=Nc1cc(C)c(N(C)c2ccc3c(c2)CCC(C)C3=O)cc1Cl. The van der Waals surface area contributed by atoms with E-state index in [1.807, 2.05) is 50.2 Å². The smallest absolute Gasteiger partial charge is 0.165 e. The molecule has 2 aromatic carbocycles. The highest BCUT2D eigenvalue weighted by molar-refractivity contribution is 6.33. The molecule has 0 aromatic heterocycles. The summed E-state index contributed by atoms with van der Waals surface area (Å²) in [6.45, 7) is 7.04. The predicted octanol–water partition coefficient (Wildman–Crippen LogP) is 5.79. The highest BCUT2D eigenvalue weighted by atomic mass is 35.5. The summed E-state index contributed by atoms with van der Waals surface area (Å²) in [5.41, 5.74) is 5.96. The van der Waals surface area contributed by atoms with Crippen LogP contribution in [0, 0.1) is 12.8 Å². The lowest BCUT2D eigenvalue weighted by Gasteiger charge is -2.26. The molecule has 0 amide bonds. The van der Waals surface area contributed by atoms with E-state index < -0.39 is 0 Å². The van der Waals surface area contributed by atoms with Crippen LogP contribution in [0.2, 0.25) is 5.02 Å². The minimum Gasteiger partial charge on any atom is -0.366 e. The molecule has 0 spiro atoms. The van der Waals surface area contributed by atoms with Crippen molar-refractivity contribution < 1.29 is 4.79 Å². The van der Waals surface area contributed by atoms with E-state index in [4.69, 9.17) is 11.6 Å². The maximum atomic E-state index is 12.4. The molecule has 0 fully saturated rings. The number of carbonyl (C=O) groups excluding carboxylic acids is 1. The van der Waals surface area contributed by atoms with Gasteiger partial charge in [0, 0.05) is 43.5 Å². The van der Waals surface area contributed by atoms with Crippen LogP contribution in [0.25, 0.3) is 0 Å². The van der Waals surface area contributed by atoms with Gasteiger partial charge >= 0.3 is 0 Å². The zero-order valence-electron chi connectivity index (χ0n) is 17.3. The van der Waals surface area contributed by atoms with E-state index in [1.54, 1.807) is 6.34 Å². The first-order valence-electron chi connectivity index (χ1n) is 9.77. The molecule has 4 nitrogen and oxygen atoms in total. The molecule has 0 radical (unpaired) electrons. The van der Waals surface area contributed by atoms with Crippen molar-refractivity contribution >= 4 is 40.8 Å². The third kappa shape index (κ3) is 4.07. The molecular formula is C23H28ClN3O. The first-order chi connectivity index (χ1) is 13.3. The van der Waals surface area contributed by atoms with E-state index in [9.17, 15) is 4.79 Å². The Labute approximate surface area is 172 Å². The van der Waals surface area contributed by atoms with E-state index in [1.165, 1.54) is 0 Å². The molecule has 1 unspecified atom stereocenters. The molecule has 1 aliphatic carbocycles. The number of Topliss-reactive ketones (excluding diaryl/α,β-unsaturated/α-hetero) is 1. The Hall–Kier alpha value is -2.33. The van der Waals surface area contributed by atoms with Crippen molar-refractivity contribution in [2.24, 2.45) is 10.9 Å². The van der Waals surface area contributed by atoms with Crippen molar-refractivity contribution in [3.05, 3.63) is 52.0 Å². The Bertz CT molecular complexity index is 922. The Kier molecular flexibility index (Phi) is 6.09. The minimum atomic E-state index is 0.122. The quantitative estimate of drug-likeness (QED) is 0.473. The highest BCUT2D eigenvalue weighted by Crippen LogP contribution is 2.37. The topological polar surface area (TPSA) is 35.9 Å². The second kappa shape index (κ2) is 8.36. The Morgan fingerprint density at radius 2 is 2.00 bits per heavy atom. The van der Waals surface area contributed by atoms with E-state index >= 15 is 0 Å². The van der Waals surface area contributed by atoms with Gasteiger partial charge in [-0.15, -0.1) is 0 Å². The number of hydrogen-bond acceptors (Lipinski definition) is 3. The molecule has 2 aromatic rings. The summed E-state index contributed by atoms with van der Waals surface area (Å²) in [4.78, 5) is 21.0. The van der Waals surface area contributed by atoms with Gasteiger partial charge in [-0.2, -0.15) is 0 Å². The van der Waals surface area contributed by atoms with Crippen molar-refractivity contribution in [3.8, 4) is 0 Å². The lowest BCUT2D eigenvalue weighted by atomic mass is 9.83. The van der Waals surface area contributed by atoms with Gasteiger partial charge in [0.05, 0.1) is 17.0 Å². The molecule has 0 saturated carbocycles. The van der Waals surface area contributed by atoms with Crippen LogP contribution in [0.15, 0.2) is 35.3 Å². The first kappa shape index (κ1) is 20.4. The van der Waals surface area contributed by atoms with Gasteiger partial charge in [0.25, 0.3) is 0 Å². The van der Waals surface area contributed by atoms with Gasteiger partial charge in [-0.25, -0.2) is 4.99 Å². The van der Waals surface area contributed by atoms with Crippen molar-refractivity contribution in [1.82, 2.24) is 4.90 Å². The fourth-order valence-corrected chi connectivity index (χ4v) is 3.71. The van der Waals surface area contributed by atoms with Gasteiger partial charge in [0.2, 0.25) is 0 Å². The number of hydrogen-bond donors (Lipinski definition) is 0. The molecule has 1 aliphatic rings. The van der Waals surface area contributed by atoms with E-state index in [2.05, 4.69) is 29.8 Å². The molecule has 0 N–H and O–H groups in total. The number of fused-ring (bicyclic) bond motifs is 1. The second-order valence-corrected chi connectivity index (χ2v) is 8.02. The Balaban J connectivity index is 1.91. The monoisotopic (exact) mass is 397 g/mol. The average molecular weight is 398 g/mol. The van der Waals surface area contributed by atoms with E-state index in [0.29, 0.717) is 5.02 Å². The zero-order chi connectivity index (χ0) is 20.4. The lowest BCUT2D eigenvalue weighted by molar-refractivity contribution is 0.0913. The number of carbonyl (C=O) groups is 1. The van der Waals surface area contributed by atoms with Gasteiger partial charge in [-0.1, -0.05) is 18.5 Å². The number of nitrogens with zero attached hydrogens (tertiary/aromatic N) is 3. The predicted molar refractivity (Wildman–Crippen MR) is 119 cm³/mol. The van der Waals surface area contributed by atoms with Gasteiger partial charge in [0.15, 0.2) is 5.78 Å². The lowest BCUT2D eigenvalue weighted by Crippen LogP contribution is -2.20. The zero-order valence-corrected chi connectivity index (χ0v) is 18.0. The summed E-state index contributed by atoms with van der Waals surface area (Å²) in [6, 6.07) is 10.1. The molecule has 3 rings (SSSR count).